The number of nitrogens with zero attached hydrogens (tertiary/aromatic N) is 1. The van der Waals surface area contributed by atoms with Gasteiger partial charge in [0, 0.05) is 17.7 Å². The van der Waals surface area contributed by atoms with E-state index in [1.54, 1.807) is 6.92 Å². The van der Waals surface area contributed by atoms with Gasteiger partial charge in [-0.05, 0) is 40.8 Å². The van der Waals surface area contributed by atoms with Gasteiger partial charge in [0.1, 0.15) is 6.61 Å². The molecule has 1 amide bonds. The number of benzene rings is 2. The third-order valence-corrected chi connectivity index (χ3v) is 4.97. The van der Waals surface area contributed by atoms with Crippen molar-refractivity contribution in [2.45, 2.75) is 12.8 Å². The van der Waals surface area contributed by atoms with Crippen LogP contribution in [-0.4, -0.2) is 24.2 Å². The van der Waals surface area contributed by atoms with E-state index in [-0.39, 0.29) is 19.1 Å². The van der Waals surface area contributed by atoms with E-state index >= 15 is 0 Å². The monoisotopic (exact) mass is 386 g/mol. The SMILES string of the molecule is Cc1cc(F)ncc1C#CCNC(=O)OCC1c2ccccc2-c2ccccc21. The van der Waals surface area contributed by atoms with Gasteiger partial charge < -0.3 is 10.1 Å². The number of nitrogens with one attached hydrogen (secondary N) is 1. The van der Waals surface area contributed by atoms with Crippen molar-refractivity contribution in [3.05, 3.63) is 89.0 Å². The van der Waals surface area contributed by atoms with Gasteiger partial charge in [-0.2, -0.15) is 4.39 Å². The van der Waals surface area contributed by atoms with Crippen LogP contribution >= 0.6 is 0 Å². The summed E-state index contributed by atoms with van der Waals surface area (Å²) in [6, 6.07) is 17.7. The Hall–Kier alpha value is -3.65. The molecular formula is C24H19FN2O2. The number of aromatic nitrogens is 1. The molecular weight excluding hydrogens is 367 g/mol. The Morgan fingerprint density at radius 3 is 2.45 bits per heavy atom. The molecule has 1 N–H and O–H groups in total. The van der Waals surface area contributed by atoms with Crippen molar-refractivity contribution < 1.29 is 13.9 Å². The number of ether oxygens (including phenoxy) is 1. The van der Waals surface area contributed by atoms with Crippen LogP contribution in [0, 0.1) is 24.7 Å². The van der Waals surface area contributed by atoms with Gasteiger partial charge in [0.15, 0.2) is 0 Å². The maximum atomic E-state index is 13.0. The van der Waals surface area contributed by atoms with Crippen molar-refractivity contribution in [2.75, 3.05) is 13.2 Å². The molecule has 0 bridgehead atoms. The number of carbonyl (C=O) groups excluding carboxylic acids is 1. The van der Waals surface area contributed by atoms with Crippen molar-refractivity contribution >= 4 is 6.09 Å². The molecule has 0 unspecified atom stereocenters. The van der Waals surface area contributed by atoms with Crippen molar-refractivity contribution in [3.8, 4) is 23.0 Å². The summed E-state index contributed by atoms with van der Waals surface area (Å²) in [6.07, 6.45) is 0.862. The highest BCUT2D eigenvalue weighted by Gasteiger charge is 2.28. The maximum absolute atomic E-state index is 13.0. The molecule has 0 radical (unpaired) electrons. The quantitative estimate of drug-likeness (QED) is 0.536. The largest absolute Gasteiger partial charge is 0.449 e. The van der Waals surface area contributed by atoms with E-state index in [9.17, 15) is 9.18 Å². The van der Waals surface area contributed by atoms with E-state index in [1.165, 1.54) is 34.5 Å². The van der Waals surface area contributed by atoms with Crippen LogP contribution in [0.25, 0.3) is 11.1 Å². The number of carbonyl (C=O) groups is 1. The second kappa shape index (κ2) is 8.15. The normalized spacial score (nSPS) is 11.8. The van der Waals surface area contributed by atoms with E-state index in [0.29, 0.717) is 11.1 Å². The molecule has 5 heteroatoms. The number of hydrogen-bond acceptors (Lipinski definition) is 3. The summed E-state index contributed by atoms with van der Waals surface area (Å²) in [6.45, 7) is 2.15. The van der Waals surface area contributed by atoms with Gasteiger partial charge >= 0.3 is 6.09 Å². The van der Waals surface area contributed by atoms with Crippen LogP contribution in [0.1, 0.15) is 28.2 Å². The molecule has 4 nitrogen and oxygen atoms in total. The van der Waals surface area contributed by atoms with Crippen LogP contribution in [-0.2, 0) is 4.74 Å². The Bertz CT molecular complexity index is 1090. The molecule has 3 aromatic rings. The lowest BCUT2D eigenvalue weighted by Gasteiger charge is -2.14. The molecule has 0 fully saturated rings. The molecule has 29 heavy (non-hydrogen) atoms. The second-order valence-electron chi connectivity index (χ2n) is 6.80. The Labute approximate surface area is 168 Å². The van der Waals surface area contributed by atoms with Gasteiger partial charge in [-0.25, -0.2) is 9.78 Å². The Morgan fingerprint density at radius 1 is 1.14 bits per heavy atom. The van der Waals surface area contributed by atoms with E-state index < -0.39 is 12.0 Å². The standard InChI is InChI=1S/C24H19FN2O2/c1-16-13-23(25)27-14-17(16)7-6-12-26-24(28)29-15-22-20-10-4-2-8-18(20)19-9-3-5-11-21(19)22/h2-5,8-11,13-14,22H,12,15H2,1H3,(H,26,28). The molecule has 1 aliphatic carbocycles. The van der Waals surface area contributed by atoms with Crippen LogP contribution in [0.3, 0.4) is 0 Å². The highest BCUT2D eigenvalue weighted by atomic mass is 19.1. The first kappa shape index (κ1) is 18.7. The Morgan fingerprint density at radius 2 is 1.79 bits per heavy atom. The second-order valence-corrected chi connectivity index (χ2v) is 6.80. The summed E-state index contributed by atoms with van der Waals surface area (Å²) < 4.78 is 18.5. The number of hydrogen-bond donors (Lipinski definition) is 1. The van der Waals surface area contributed by atoms with Gasteiger partial charge in [-0.1, -0.05) is 60.4 Å². The van der Waals surface area contributed by atoms with Crippen molar-refractivity contribution in [1.29, 1.82) is 0 Å². The van der Waals surface area contributed by atoms with Crippen LogP contribution in [0.5, 0.6) is 0 Å². The third-order valence-electron chi connectivity index (χ3n) is 4.97. The lowest BCUT2D eigenvalue weighted by atomic mass is 9.98. The number of amides is 1. The van der Waals surface area contributed by atoms with Gasteiger partial charge in [-0.3, -0.25) is 0 Å². The van der Waals surface area contributed by atoms with Crippen molar-refractivity contribution in [2.24, 2.45) is 0 Å². The summed E-state index contributed by atoms with van der Waals surface area (Å²) in [5, 5.41) is 2.63. The topological polar surface area (TPSA) is 51.2 Å². The Kier molecular flexibility index (Phi) is 5.26. The summed E-state index contributed by atoms with van der Waals surface area (Å²) in [5.41, 5.74) is 6.03. The zero-order chi connectivity index (χ0) is 20.2. The highest BCUT2D eigenvalue weighted by Crippen LogP contribution is 2.44. The zero-order valence-corrected chi connectivity index (χ0v) is 15.9. The summed E-state index contributed by atoms with van der Waals surface area (Å²) >= 11 is 0. The van der Waals surface area contributed by atoms with Gasteiger partial charge in [0.25, 0.3) is 0 Å². The molecule has 2 aromatic carbocycles. The fourth-order valence-electron chi connectivity index (χ4n) is 3.56. The number of halogens is 1. The first-order chi connectivity index (χ1) is 14.1. The number of fused-ring (bicyclic) bond motifs is 3. The maximum Gasteiger partial charge on any atom is 0.407 e. The highest BCUT2D eigenvalue weighted by molar-refractivity contribution is 5.79. The minimum atomic E-state index is -0.537. The Balaban J connectivity index is 1.35. The van der Waals surface area contributed by atoms with E-state index in [2.05, 4.69) is 46.4 Å². The number of pyridine rings is 1. The summed E-state index contributed by atoms with van der Waals surface area (Å²) in [5.74, 6) is 5.18. The number of rotatable bonds is 3. The van der Waals surface area contributed by atoms with E-state index in [4.69, 9.17) is 4.74 Å². The lowest BCUT2D eigenvalue weighted by molar-refractivity contribution is 0.144. The molecule has 0 saturated heterocycles. The summed E-state index contributed by atoms with van der Waals surface area (Å²) in [7, 11) is 0. The summed E-state index contributed by atoms with van der Waals surface area (Å²) in [4.78, 5) is 15.7. The molecule has 144 valence electrons. The number of aryl methyl sites for hydroxylation is 1. The van der Waals surface area contributed by atoms with Crippen LogP contribution in [0.4, 0.5) is 9.18 Å². The smallest absolute Gasteiger partial charge is 0.407 e. The molecule has 1 aromatic heterocycles. The van der Waals surface area contributed by atoms with Crippen LogP contribution in [0.15, 0.2) is 60.8 Å². The zero-order valence-electron chi connectivity index (χ0n) is 15.9. The van der Waals surface area contributed by atoms with Gasteiger partial charge in [-0.15, -0.1) is 0 Å². The minimum Gasteiger partial charge on any atom is -0.449 e. The number of alkyl carbamates (subject to hydrolysis) is 1. The molecule has 4 rings (SSSR count). The van der Waals surface area contributed by atoms with Gasteiger partial charge in [0.05, 0.1) is 6.54 Å². The predicted octanol–water partition coefficient (Wildman–Crippen LogP) is 4.42. The fourth-order valence-corrected chi connectivity index (χ4v) is 3.56. The molecule has 0 atom stereocenters. The van der Waals surface area contributed by atoms with Crippen LogP contribution in [0.2, 0.25) is 0 Å². The van der Waals surface area contributed by atoms with Gasteiger partial charge in [0.2, 0.25) is 5.95 Å². The first-order valence-corrected chi connectivity index (χ1v) is 9.33. The predicted molar refractivity (Wildman–Crippen MR) is 109 cm³/mol. The van der Waals surface area contributed by atoms with E-state index in [1.807, 2.05) is 24.3 Å². The molecule has 0 aliphatic heterocycles. The molecule has 1 heterocycles. The average Bonchev–Trinajstić information content (AvgIpc) is 3.05. The molecule has 0 saturated carbocycles. The molecule has 1 aliphatic rings. The third kappa shape index (κ3) is 3.97. The van der Waals surface area contributed by atoms with Crippen molar-refractivity contribution in [1.82, 2.24) is 10.3 Å². The lowest BCUT2D eigenvalue weighted by Crippen LogP contribution is -2.26. The minimum absolute atomic E-state index is 0.0205. The van der Waals surface area contributed by atoms with E-state index in [0.717, 1.165) is 0 Å². The average molecular weight is 386 g/mol. The first-order valence-electron chi connectivity index (χ1n) is 9.33. The molecule has 0 spiro atoms. The van der Waals surface area contributed by atoms with Crippen LogP contribution < -0.4 is 5.32 Å². The van der Waals surface area contributed by atoms with Crippen molar-refractivity contribution in [3.63, 3.8) is 0 Å². The fraction of sp³-hybridized carbons (Fsp3) is 0.167.